The summed E-state index contributed by atoms with van der Waals surface area (Å²) < 4.78 is 0. The lowest BCUT2D eigenvalue weighted by atomic mass is 9.33. The highest BCUT2D eigenvalue weighted by atomic mass is 16.1. The van der Waals surface area contributed by atoms with E-state index in [1.807, 2.05) is 6.08 Å². The van der Waals surface area contributed by atoms with Crippen molar-refractivity contribution in [1.29, 1.82) is 0 Å². The summed E-state index contributed by atoms with van der Waals surface area (Å²) in [6, 6.07) is 0. The van der Waals surface area contributed by atoms with Crippen LogP contribution in [0.5, 0.6) is 0 Å². The van der Waals surface area contributed by atoms with Gasteiger partial charge in [0.1, 0.15) is 0 Å². The smallest absolute Gasteiger partial charge is 0.161 e. The van der Waals surface area contributed by atoms with Gasteiger partial charge in [-0.05, 0) is 116 Å². The van der Waals surface area contributed by atoms with Gasteiger partial charge >= 0.3 is 0 Å². The Hall–Kier alpha value is -0.850. The predicted octanol–water partition coefficient (Wildman–Crippen LogP) is 8.01. The lowest BCUT2D eigenvalue weighted by Gasteiger charge is -2.71. The lowest BCUT2D eigenvalue weighted by molar-refractivity contribution is -0.216. The van der Waals surface area contributed by atoms with Crippen LogP contribution in [0, 0.1) is 56.7 Å². The maximum Gasteiger partial charge on any atom is 0.161 e. The van der Waals surface area contributed by atoms with Gasteiger partial charge in [-0.25, -0.2) is 0 Å². The molecule has 0 radical (unpaired) electrons. The van der Waals surface area contributed by atoms with Crippen molar-refractivity contribution in [2.75, 3.05) is 0 Å². The van der Waals surface area contributed by atoms with Crippen LogP contribution in [0.3, 0.4) is 0 Å². The second-order valence-electron chi connectivity index (χ2n) is 14.1. The fourth-order valence-electron chi connectivity index (χ4n) is 10.8. The molecule has 0 aromatic rings. The summed E-state index contributed by atoms with van der Waals surface area (Å²) in [7, 11) is 0. The van der Waals surface area contributed by atoms with E-state index in [2.05, 4.69) is 61.1 Å². The number of carbonyl (C=O) groups excluding carboxylic acids is 1. The summed E-state index contributed by atoms with van der Waals surface area (Å²) in [6.45, 7) is 21.7. The molecule has 1 heteroatoms. The van der Waals surface area contributed by atoms with Crippen LogP contribution in [0.2, 0.25) is 0 Å². The highest BCUT2D eigenvalue weighted by Gasteiger charge is 2.69. The summed E-state index contributed by atoms with van der Waals surface area (Å²) in [5.41, 5.74) is 2.68. The van der Waals surface area contributed by atoms with Crippen molar-refractivity contribution in [1.82, 2.24) is 0 Å². The molecule has 31 heavy (non-hydrogen) atoms. The molecule has 0 amide bonds. The highest BCUT2D eigenvalue weighted by molar-refractivity contribution is 5.95. The van der Waals surface area contributed by atoms with Crippen LogP contribution in [-0.4, -0.2) is 5.78 Å². The van der Waals surface area contributed by atoms with Crippen molar-refractivity contribution >= 4 is 5.78 Å². The van der Waals surface area contributed by atoms with E-state index < -0.39 is 0 Å². The normalized spacial score (nSPS) is 55.1. The standard InChI is InChI=1S/C30H46O/c1-19(2)20-11-14-27(5)17-18-29(7)21(25(20)27)9-10-23-28(6)15-13-24(31)26(3,4)22(28)12-16-30(23,29)8/h13,15,20-23,25H,1,9-12,14,16-18H2,2-8H3/t20-,21-,22+,23+,25-,27-,28+,29-,30-/m1/s1. The predicted molar refractivity (Wildman–Crippen MR) is 130 cm³/mol. The number of rotatable bonds is 1. The lowest BCUT2D eigenvalue weighted by Crippen LogP contribution is -2.65. The summed E-state index contributed by atoms with van der Waals surface area (Å²) >= 11 is 0. The number of hydrogen-bond acceptors (Lipinski definition) is 1. The number of fused-ring (bicyclic) bond motifs is 7. The molecule has 4 fully saturated rings. The van der Waals surface area contributed by atoms with Crippen molar-refractivity contribution in [2.24, 2.45) is 56.7 Å². The van der Waals surface area contributed by atoms with Crippen molar-refractivity contribution in [2.45, 2.75) is 99.8 Å². The van der Waals surface area contributed by atoms with Crippen LogP contribution in [0.4, 0.5) is 0 Å². The first-order valence-electron chi connectivity index (χ1n) is 13.2. The van der Waals surface area contributed by atoms with E-state index in [9.17, 15) is 4.79 Å². The van der Waals surface area contributed by atoms with E-state index in [0.717, 1.165) is 17.8 Å². The average Bonchev–Trinajstić information content (AvgIpc) is 3.04. The molecule has 0 unspecified atom stereocenters. The molecule has 0 aliphatic heterocycles. The van der Waals surface area contributed by atoms with Crippen LogP contribution < -0.4 is 0 Å². The summed E-state index contributed by atoms with van der Waals surface area (Å²) in [5, 5.41) is 0. The zero-order valence-corrected chi connectivity index (χ0v) is 21.3. The van der Waals surface area contributed by atoms with E-state index in [0.29, 0.717) is 33.9 Å². The minimum atomic E-state index is -0.218. The Morgan fingerprint density at radius 1 is 0.871 bits per heavy atom. The molecule has 0 bridgehead atoms. The molecule has 0 N–H and O–H groups in total. The molecule has 0 spiro atoms. The molecule has 0 aromatic carbocycles. The van der Waals surface area contributed by atoms with Crippen LogP contribution in [0.1, 0.15) is 99.8 Å². The van der Waals surface area contributed by atoms with E-state index in [-0.39, 0.29) is 10.8 Å². The summed E-state index contributed by atoms with van der Waals surface area (Å²) in [6.07, 6.45) is 15.1. The molecular weight excluding hydrogens is 376 g/mol. The van der Waals surface area contributed by atoms with Crippen LogP contribution >= 0.6 is 0 Å². The molecule has 0 aromatic heterocycles. The molecule has 5 aliphatic rings. The van der Waals surface area contributed by atoms with Crippen LogP contribution in [0.25, 0.3) is 0 Å². The molecule has 9 atom stereocenters. The average molecular weight is 423 g/mol. The maximum atomic E-state index is 12.8. The third-order valence-corrected chi connectivity index (χ3v) is 12.8. The van der Waals surface area contributed by atoms with Gasteiger partial charge in [0, 0.05) is 5.41 Å². The van der Waals surface area contributed by atoms with Gasteiger partial charge in [-0.2, -0.15) is 0 Å². The van der Waals surface area contributed by atoms with E-state index >= 15 is 0 Å². The molecule has 5 aliphatic carbocycles. The Balaban J connectivity index is 1.57. The van der Waals surface area contributed by atoms with Gasteiger partial charge in [-0.3, -0.25) is 4.79 Å². The van der Waals surface area contributed by atoms with Gasteiger partial charge in [0.05, 0.1) is 0 Å². The molecule has 0 heterocycles. The second kappa shape index (κ2) is 6.38. The second-order valence-corrected chi connectivity index (χ2v) is 14.1. The van der Waals surface area contributed by atoms with Gasteiger partial charge in [-0.1, -0.05) is 59.8 Å². The SMILES string of the molecule is C=C(C)[C@H]1CC[C@]2(C)CC[C@]3(C)[C@H](CC[C@H]4[C@@]5(C)C=CC(=O)C(C)(C)[C@@H]5CC[C@]43C)[C@@H]12. The first kappa shape index (κ1) is 22.0. The number of hydrogen-bond donors (Lipinski definition) is 0. The molecular formula is C30H46O. The number of ketones is 1. The van der Waals surface area contributed by atoms with Crippen molar-refractivity contribution in [3.63, 3.8) is 0 Å². The largest absolute Gasteiger partial charge is 0.294 e. The minimum absolute atomic E-state index is 0.155. The third-order valence-electron chi connectivity index (χ3n) is 12.8. The van der Waals surface area contributed by atoms with Gasteiger partial charge in [0.15, 0.2) is 5.78 Å². The van der Waals surface area contributed by atoms with Crippen LogP contribution in [0.15, 0.2) is 24.3 Å². The Morgan fingerprint density at radius 2 is 1.58 bits per heavy atom. The Labute approximate surface area is 191 Å². The van der Waals surface area contributed by atoms with Crippen LogP contribution in [-0.2, 0) is 4.79 Å². The van der Waals surface area contributed by atoms with Gasteiger partial charge in [0.2, 0.25) is 0 Å². The summed E-state index contributed by atoms with van der Waals surface area (Å²) in [4.78, 5) is 12.8. The van der Waals surface area contributed by atoms with E-state index in [1.54, 1.807) is 0 Å². The van der Waals surface area contributed by atoms with Gasteiger partial charge in [0.25, 0.3) is 0 Å². The number of allylic oxidation sites excluding steroid dienone is 3. The van der Waals surface area contributed by atoms with Gasteiger partial charge < -0.3 is 0 Å². The summed E-state index contributed by atoms with van der Waals surface area (Å²) in [5.74, 6) is 3.91. The maximum absolute atomic E-state index is 12.8. The molecule has 0 saturated heterocycles. The monoisotopic (exact) mass is 422 g/mol. The molecule has 5 rings (SSSR count). The molecule has 172 valence electrons. The van der Waals surface area contributed by atoms with Crippen molar-refractivity contribution < 1.29 is 4.79 Å². The first-order valence-corrected chi connectivity index (χ1v) is 13.2. The van der Waals surface area contributed by atoms with Gasteiger partial charge in [-0.15, -0.1) is 0 Å². The topological polar surface area (TPSA) is 17.1 Å². The highest BCUT2D eigenvalue weighted by Crippen LogP contribution is 2.76. The first-order chi connectivity index (χ1) is 14.3. The number of carbonyl (C=O) groups is 1. The Morgan fingerprint density at radius 3 is 2.26 bits per heavy atom. The quantitative estimate of drug-likeness (QED) is 0.391. The van der Waals surface area contributed by atoms with Crippen molar-refractivity contribution in [3.05, 3.63) is 24.3 Å². The minimum Gasteiger partial charge on any atom is -0.294 e. The third kappa shape index (κ3) is 2.53. The fraction of sp³-hybridized carbons (Fsp3) is 0.833. The zero-order valence-electron chi connectivity index (χ0n) is 21.3. The zero-order chi connectivity index (χ0) is 22.6. The molecule has 1 nitrogen and oxygen atoms in total. The van der Waals surface area contributed by atoms with E-state index in [1.165, 1.54) is 56.9 Å². The molecule has 4 saturated carbocycles. The van der Waals surface area contributed by atoms with E-state index in [4.69, 9.17) is 0 Å². The fourth-order valence-corrected chi connectivity index (χ4v) is 10.8. The van der Waals surface area contributed by atoms with Crippen molar-refractivity contribution in [3.8, 4) is 0 Å². The Bertz CT molecular complexity index is 848. The Kier molecular flexibility index (Phi) is 4.52.